The van der Waals surface area contributed by atoms with E-state index >= 15 is 0 Å². The minimum Gasteiger partial charge on any atom is -0.458 e. The molecule has 0 amide bonds. The molecule has 1 aromatic rings. The van der Waals surface area contributed by atoms with Gasteiger partial charge in [-0.25, -0.2) is 0 Å². The third kappa shape index (κ3) is 4.84. The number of esters is 2. The first-order valence-corrected chi connectivity index (χ1v) is 9.35. The van der Waals surface area contributed by atoms with Gasteiger partial charge in [0.2, 0.25) is 0 Å². The second-order valence-electron chi connectivity index (χ2n) is 7.30. The summed E-state index contributed by atoms with van der Waals surface area (Å²) in [7, 11) is 0. The smallest absolute Gasteiger partial charge is 0.314 e. The lowest BCUT2D eigenvalue weighted by Crippen LogP contribution is -2.31. The van der Waals surface area contributed by atoms with Crippen LogP contribution in [0.2, 0.25) is 0 Å². The van der Waals surface area contributed by atoms with E-state index in [0.717, 1.165) is 12.0 Å². The van der Waals surface area contributed by atoms with E-state index in [1.165, 1.54) is 5.57 Å². The van der Waals surface area contributed by atoms with E-state index in [4.69, 9.17) is 9.47 Å². The predicted molar refractivity (Wildman–Crippen MR) is 99.7 cm³/mol. The lowest BCUT2D eigenvalue weighted by Gasteiger charge is -2.27. The Morgan fingerprint density at radius 1 is 0.923 bits per heavy atom. The van der Waals surface area contributed by atoms with Crippen LogP contribution in [0.5, 0.6) is 5.75 Å². The third-order valence-electron chi connectivity index (χ3n) is 5.15. The number of ether oxygens (including phenoxy) is 2. The number of allylic oxidation sites excluding steroid dienone is 2. The van der Waals surface area contributed by atoms with Crippen molar-refractivity contribution < 1.29 is 19.1 Å². The molecule has 0 N–H and O–H groups in total. The summed E-state index contributed by atoms with van der Waals surface area (Å²) in [4.78, 5) is 24.7. The second kappa shape index (κ2) is 8.35. The molecule has 4 heteroatoms. The van der Waals surface area contributed by atoms with Crippen LogP contribution in [0.25, 0.3) is 0 Å². The van der Waals surface area contributed by atoms with Gasteiger partial charge in [-0.05, 0) is 57.7 Å². The molecular formula is C22H26O4. The van der Waals surface area contributed by atoms with Crippen molar-refractivity contribution in [2.45, 2.75) is 52.1 Å². The fraction of sp³-hybridized carbons (Fsp3) is 0.455. The minimum atomic E-state index is -0.198. The first kappa shape index (κ1) is 18.4. The molecule has 0 saturated heterocycles. The Morgan fingerprint density at radius 3 is 2.12 bits per heavy atom. The van der Waals surface area contributed by atoms with Crippen molar-refractivity contribution in [2.75, 3.05) is 0 Å². The van der Waals surface area contributed by atoms with Crippen molar-refractivity contribution in [3.63, 3.8) is 0 Å². The van der Waals surface area contributed by atoms with Crippen LogP contribution in [-0.4, -0.2) is 18.0 Å². The Kier molecular flexibility index (Phi) is 5.92. The maximum atomic E-state index is 12.4. The Bertz CT molecular complexity index is 706. The normalized spacial score (nSPS) is 25.3. The van der Waals surface area contributed by atoms with Crippen molar-refractivity contribution >= 4 is 11.9 Å². The van der Waals surface area contributed by atoms with Crippen molar-refractivity contribution in [1.29, 1.82) is 0 Å². The lowest BCUT2D eigenvalue weighted by molar-refractivity contribution is -0.154. The van der Waals surface area contributed by atoms with Crippen LogP contribution in [0.3, 0.4) is 0 Å². The largest absolute Gasteiger partial charge is 0.458 e. The molecule has 4 nitrogen and oxygen atoms in total. The summed E-state index contributed by atoms with van der Waals surface area (Å²) in [5.41, 5.74) is 2.33. The van der Waals surface area contributed by atoms with Crippen LogP contribution in [0.4, 0.5) is 0 Å². The average molecular weight is 354 g/mol. The van der Waals surface area contributed by atoms with Crippen LogP contribution in [0, 0.1) is 18.8 Å². The van der Waals surface area contributed by atoms with Crippen molar-refractivity contribution in [1.82, 2.24) is 0 Å². The summed E-state index contributed by atoms with van der Waals surface area (Å²) >= 11 is 0. The van der Waals surface area contributed by atoms with Gasteiger partial charge in [0.25, 0.3) is 0 Å². The number of hydrogen-bond acceptors (Lipinski definition) is 4. The molecule has 0 bridgehead atoms. The second-order valence-corrected chi connectivity index (χ2v) is 7.30. The zero-order valence-electron chi connectivity index (χ0n) is 15.4. The summed E-state index contributed by atoms with van der Waals surface area (Å²) in [5.74, 6) is -0.0108. The zero-order valence-corrected chi connectivity index (χ0v) is 15.4. The van der Waals surface area contributed by atoms with Crippen molar-refractivity contribution in [2.24, 2.45) is 11.8 Å². The molecule has 1 fully saturated rings. The van der Waals surface area contributed by atoms with Gasteiger partial charge in [-0.3, -0.25) is 9.59 Å². The van der Waals surface area contributed by atoms with E-state index in [1.807, 2.05) is 50.3 Å². The number of carbonyl (C=O) groups excluding carboxylic acids is 2. The van der Waals surface area contributed by atoms with Gasteiger partial charge in [0.15, 0.2) is 0 Å². The fourth-order valence-electron chi connectivity index (χ4n) is 3.41. The lowest BCUT2D eigenvalue weighted by atomic mass is 9.82. The Labute approximate surface area is 154 Å². The Balaban J connectivity index is 1.44. The van der Waals surface area contributed by atoms with Gasteiger partial charge in [-0.15, -0.1) is 0 Å². The van der Waals surface area contributed by atoms with E-state index < -0.39 is 0 Å². The molecule has 1 aromatic carbocycles. The summed E-state index contributed by atoms with van der Waals surface area (Å²) < 4.78 is 11.1. The van der Waals surface area contributed by atoms with Gasteiger partial charge in [-0.2, -0.15) is 0 Å². The van der Waals surface area contributed by atoms with Gasteiger partial charge in [0.05, 0.1) is 11.8 Å². The van der Waals surface area contributed by atoms with Crippen LogP contribution in [0.15, 0.2) is 48.1 Å². The van der Waals surface area contributed by atoms with E-state index in [9.17, 15) is 9.59 Å². The maximum Gasteiger partial charge on any atom is 0.314 e. The fourth-order valence-corrected chi connectivity index (χ4v) is 3.41. The van der Waals surface area contributed by atoms with E-state index in [-0.39, 0.29) is 29.9 Å². The Hall–Kier alpha value is -2.36. The predicted octanol–water partition coefficient (Wildman–Crippen LogP) is 4.52. The molecule has 138 valence electrons. The summed E-state index contributed by atoms with van der Waals surface area (Å²) in [6, 6.07) is 7.46. The average Bonchev–Trinajstić information content (AvgIpc) is 2.65. The SMILES string of the molecule is CC1=CCC(OC(=O)C2CCC(C(=O)Oc3ccc(C)cc3)CC2)C=C1. The highest BCUT2D eigenvalue weighted by molar-refractivity contribution is 5.77. The summed E-state index contributed by atoms with van der Waals surface area (Å²) in [6.45, 7) is 4.03. The number of hydrogen-bond donors (Lipinski definition) is 0. The van der Waals surface area contributed by atoms with Gasteiger partial charge in [0.1, 0.15) is 11.9 Å². The van der Waals surface area contributed by atoms with E-state index in [2.05, 4.69) is 6.08 Å². The molecule has 0 spiro atoms. The monoisotopic (exact) mass is 354 g/mol. The van der Waals surface area contributed by atoms with Crippen LogP contribution in [-0.2, 0) is 14.3 Å². The number of rotatable bonds is 4. The number of carbonyl (C=O) groups is 2. The van der Waals surface area contributed by atoms with Crippen molar-refractivity contribution in [3.8, 4) is 5.75 Å². The van der Waals surface area contributed by atoms with E-state index in [1.54, 1.807) is 0 Å². The highest BCUT2D eigenvalue weighted by Crippen LogP contribution is 2.31. The molecule has 2 aliphatic carbocycles. The topological polar surface area (TPSA) is 52.6 Å². The van der Waals surface area contributed by atoms with Crippen LogP contribution < -0.4 is 4.74 Å². The van der Waals surface area contributed by atoms with Gasteiger partial charge in [0, 0.05) is 6.42 Å². The van der Waals surface area contributed by atoms with Crippen LogP contribution >= 0.6 is 0 Å². The number of benzene rings is 1. The highest BCUT2D eigenvalue weighted by Gasteiger charge is 2.32. The molecule has 1 atom stereocenters. The first-order valence-electron chi connectivity index (χ1n) is 9.35. The summed E-state index contributed by atoms with van der Waals surface area (Å²) in [5, 5.41) is 0. The molecule has 0 aromatic heterocycles. The minimum absolute atomic E-state index is 0.112. The number of aryl methyl sites for hydroxylation is 1. The molecule has 0 aliphatic heterocycles. The van der Waals surface area contributed by atoms with Crippen LogP contribution in [0.1, 0.15) is 44.6 Å². The molecule has 0 radical (unpaired) electrons. The Morgan fingerprint density at radius 2 is 1.54 bits per heavy atom. The van der Waals surface area contributed by atoms with E-state index in [0.29, 0.717) is 31.4 Å². The standard InChI is InChI=1S/C22H26O4/c1-15-3-11-19(12-4-15)25-21(23)17-7-9-18(10-8-17)22(24)26-20-13-5-16(2)6-14-20/h3-6,11-13,17-18,20H,7-10,14H2,1-2H3. The maximum absolute atomic E-state index is 12.4. The molecule has 2 aliphatic rings. The van der Waals surface area contributed by atoms with Crippen molar-refractivity contribution in [3.05, 3.63) is 53.6 Å². The zero-order chi connectivity index (χ0) is 18.5. The summed E-state index contributed by atoms with van der Waals surface area (Å²) in [6.07, 6.45) is 9.29. The first-order chi connectivity index (χ1) is 12.5. The molecular weight excluding hydrogens is 328 g/mol. The van der Waals surface area contributed by atoms with Gasteiger partial charge < -0.3 is 9.47 Å². The van der Waals surface area contributed by atoms with Gasteiger partial charge in [-0.1, -0.05) is 35.4 Å². The highest BCUT2D eigenvalue weighted by atomic mass is 16.5. The quantitative estimate of drug-likeness (QED) is 0.589. The molecule has 1 unspecified atom stereocenters. The molecule has 0 heterocycles. The van der Waals surface area contributed by atoms with Gasteiger partial charge >= 0.3 is 11.9 Å². The molecule has 1 saturated carbocycles. The third-order valence-corrected chi connectivity index (χ3v) is 5.15. The molecule has 26 heavy (non-hydrogen) atoms. The molecule has 3 rings (SSSR count).